The van der Waals surface area contributed by atoms with Gasteiger partial charge in [-0.25, -0.2) is 4.79 Å². The summed E-state index contributed by atoms with van der Waals surface area (Å²) in [5.41, 5.74) is 1.59. The van der Waals surface area contributed by atoms with Crippen LogP contribution in [-0.4, -0.2) is 5.97 Å². The van der Waals surface area contributed by atoms with Crippen molar-refractivity contribution in [3.63, 3.8) is 0 Å². The van der Waals surface area contributed by atoms with E-state index in [1.807, 2.05) is 78.9 Å². The number of hydrogen-bond donors (Lipinski definition) is 0. The standard InChI is InChI=1S/C22H16O2/c23-22(24-15-16-8-2-1-3-9-16)21-14-17-10-4-5-11-18(17)19-12-6-7-13-20(19)21/h1-14H,15H2. The molecular formula is C22H16O2. The fourth-order valence-electron chi connectivity index (χ4n) is 3.02. The zero-order chi connectivity index (χ0) is 16.4. The molecule has 24 heavy (non-hydrogen) atoms. The maximum atomic E-state index is 12.7. The molecule has 0 aliphatic heterocycles. The van der Waals surface area contributed by atoms with Gasteiger partial charge in [0, 0.05) is 0 Å². The third-order valence-electron chi connectivity index (χ3n) is 4.20. The first kappa shape index (κ1) is 14.5. The molecule has 0 radical (unpaired) electrons. The highest BCUT2D eigenvalue weighted by atomic mass is 16.5. The molecule has 0 saturated heterocycles. The number of benzene rings is 4. The van der Waals surface area contributed by atoms with E-state index in [0.29, 0.717) is 5.56 Å². The van der Waals surface area contributed by atoms with Gasteiger partial charge in [0.2, 0.25) is 0 Å². The van der Waals surface area contributed by atoms with Crippen LogP contribution in [0.2, 0.25) is 0 Å². The summed E-state index contributed by atoms with van der Waals surface area (Å²) in [6.07, 6.45) is 0. The monoisotopic (exact) mass is 312 g/mol. The van der Waals surface area contributed by atoms with Gasteiger partial charge >= 0.3 is 5.97 Å². The molecule has 116 valence electrons. The molecule has 0 amide bonds. The van der Waals surface area contributed by atoms with Crippen LogP contribution in [0.15, 0.2) is 84.9 Å². The molecule has 0 aliphatic rings. The Morgan fingerprint density at radius 1 is 0.708 bits per heavy atom. The van der Waals surface area contributed by atoms with Gasteiger partial charge in [0.15, 0.2) is 0 Å². The molecule has 0 bridgehead atoms. The summed E-state index contributed by atoms with van der Waals surface area (Å²) < 4.78 is 5.53. The largest absolute Gasteiger partial charge is 0.457 e. The van der Waals surface area contributed by atoms with Crippen LogP contribution in [0.4, 0.5) is 0 Å². The van der Waals surface area contributed by atoms with E-state index in [0.717, 1.165) is 27.1 Å². The Bertz CT molecular complexity index is 1020. The van der Waals surface area contributed by atoms with Crippen molar-refractivity contribution in [1.82, 2.24) is 0 Å². The van der Waals surface area contributed by atoms with Crippen molar-refractivity contribution >= 4 is 27.5 Å². The molecule has 0 unspecified atom stereocenters. The van der Waals surface area contributed by atoms with Crippen molar-refractivity contribution < 1.29 is 9.53 Å². The Balaban J connectivity index is 1.76. The van der Waals surface area contributed by atoms with Gasteiger partial charge in [0.1, 0.15) is 6.61 Å². The number of carbonyl (C=O) groups is 1. The Morgan fingerprint density at radius 3 is 2.12 bits per heavy atom. The number of ether oxygens (including phenoxy) is 1. The maximum absolute atomic E-state index is 12.7. The first-order chi connectivity index (χ1) is 11.8. The van der Waals surface area contributed by atoms with E-state index < -0.39 is 0 Å². The van der Waals surface area contributed by atoms with Crippen LogP contribution in [0.3, 0.4) is 0 Å². The van der Waals surface area contributed by atoms with E-state index in [-0.39, 0.29) is 12.6 Å². The molecule has 0 N–H and O–H groups in total. The lowest BCUT2D eigenvalue weighted by atomic mass is 9.97. The highest BCUT2D eigenvalue weighted by Crippen LogP contribution is 2.29. The smallest absolute Gasteiger partial charge is 0.339 e. The van der Waals surface area contributed by atoms with Gasteiger partial charge in [-0.2, -0.15) is 0 Å². The second-order valence-corrected chi connectivity index (χ2v) is 5.75. The van der Waals surface area contributed by atoms with Crippen LogP contribution in [0.5, 0.6) is 0 Å². The zero-order valence-corrected chi connectivity index (χ0v) is 13.1. The minimum atomic E-state index is -0.291. The van der Waals surface area contributed by atoms with E-state index in [1.165, 1.54) is 0 Å². The van der Waals surface area contributed by atoms with Gasteiger partial charge in [-0.15, -0.1) is 0 Å². The summed E-state index contributed by atoms with van der Waals surface area (Å²) in [6, 6.07) is 27.7. The number of rotatable bonds is 3. The molecule has 4 aromatic rings. The molecule has 0 saturated carbocycles. The van der Waals surface area contributed by atoms with Gasteiger partial charge in [-0.1, -0.05) is 78.9 Å². The number of carbonyl (C=O) groups excluding carboxylic acids is 1. The lowest BCUT2D eigenvalue weighted by molar-refractivity contribution is 0.0475. The molecule has 2 heteroatoms. The van der Waals surface area contributed by atoms with Gasteiger partial charge in [0.25, 0.3) is 0 Å². The van der Waals surface area contributed by atoms with Crippen LogP contribution in [-0.2, 0) is 11.3 Å². The lowest BCUT2D eigenvalue weighted by Crippen LogP contribution is -2.06. The zero-order valence-electron chi connectivity index (χ0n) is 13.1. The first-order valence-corrected chi connectivity index (χ1v) is 7.94. The molecule has 0 aliphatic carbocycles. The van der Waals surface area contributed by atoms with Crippen LogP contribution >= 0.6 is 0 Å². The van der Waals surface area contributed by atoms with Crippen molar-refractivity contribution in [2.24, 2.45) is 0 Å². The van der Waals surface area contributed by atoms with E-state index in [9.17, 15) is 4.79 Å². The Kier molecular flexibility index (Phi) is 3.72. The Hall–Kier alpha value is -3.13. The SMILES string of the molecule is O=C(OCc1ccccc1)c1cc2ccccc2c2ccccc12. The van der Waals surface area contributed by atoms with Crippen molar-refractivity contribution in [2.45, 2.75) is 6.61 Å². The third-order valence-corrected chi connectivity index (χ3v) is 4.20. The predicted octanol–water partition coefficient (Wildman–Crippen LogP) is 5.35. The van der Waals surface area contributed by atoms with Crippen molar-refractivity contribution in [1.29, 1.82) is 0 Å². The van der Waals surface area contributed by atoms with Gasteiger partial charge in [-0.05, 0) is 33.2 Å². The summed E-state index contributed by atoms with van der Waals surface area (Å²) in [4.78, 5) is 12.7. The fraction of sp³-hybridized carbons (Fsp3) is 0.0455. The topological polar surface area (TPSA) is 26.3 Å². The van der Waals surface area contributed by atoms with Gasteiger partial charge < -0.3 is 4.74 Å². The summed E-state index contributed by atoms with van der Waals surface area (Å²) in [6.45, 7) is 0.279. The van der Waals surface area contributed by atoms with Crippen LogP contribution in [0.25, 0.3) is 21.5 Å². The molecule has 0 fully saturated rings. The molecule has 4 rings (SSSR count). The van der Waals surface area contributed by atoms with Gasteiger partial charge in [-0.3, -0.25) is 0 Å². The minimum absolute atomic E-state index is 0.279. The Labute approximate surface area is 140 Å². The molecule has 0 heterocycles. The maximum Gasteiger partial charge on any atom is 0.339 e. The van der Waals surface area contributed by atoms with Crippen LogP contribution in [0.1, 0.15) is 15.9 Å². The second-order valence-electron chi connectivity index (χ2n) is 5.75. The summed E-state index contributed by atoms with van der Waals surface area (Å²) in [5, 5.41) is 4.19. The van der Waals surface area contributed by atoms with E-state index >= 15 is 0 Å². The highest BCUT2D eigenvalue weighted by molar-refractivity contribution is 6.15. The normalized spacial score (nSPS) is 10.8. The molecule has 4 aromatic carbocycles. The third kappa shape index (κ3) is 2.63. The first-order valence-electron chi connectivity index (χ1n) is 7.94. The van der Waals surface area contributed by atoms with Crippen molar-refractivity contribution in [3.8, 4) is 0 Å². The number of fused-ring (bicyclic) bond motifs is 3. The average Bonchev–Trinajstić information content (AvgIpc) is 2.66. The molecule has 2 nitrogen and oxygen atoms in total. The average molecular weight is 312 g/mol. The summed E-state index contributed by atoms with van der Waals surface area (Å²) >= 11 is 0. The Morgan fingerprint density at radius 2 is 1.33 bits per heavy atom. The lowest BCUT2D eigenvalue weighted by Gasteiger charge is -2.10. The number of hydrogen-bond acceptors (Lipinski definition) is 2. The summed E-state index contributed by atoms with van der Waals surface area (Å²) in [5.74, 6) is -0.291. The van der Waals surface area contributed by atoms with Crippen LogP contribution in [0, 0.1) is 0 Å². The molecule has 0 spiro atoms. The number of esters is 1. The predicted molar refractivity (Wildman–Crippen MR) is 97.0 cm³/mol. The molecule has 0 aromatic heterocycles. The quantitative estimate of drug-likeness (QED) is 0.376. The van der Waals surface area contributed by atoms with Crippen molar-refractivity contribution in [2.75, 3.05) is 0 Å². The fourth-order valence-corrected chi connectivity index (χ4v) is 3.02. The minimum Gasteiger partial charge on any atom is -0.457 e. The van der Waals surface area contributed by atoms with E-state index in [1.54, 1.807) is 0 Å². The second kappa shape index (κ2) is 6.17. The van der Waals surface area contributed by atoms with Crippen molar-refractivity contribution in [3.05, 3.63) is 96.1 Å². The van der Waals surface area contributed by atoms with Crippen LogP contribution < -0.4 is 0 Å². The van der Waals surface area contributed by atoms with E-state index in [4.69, 9.17) is 4.74 Å². The van der Waals surface area contributed by atoms with E-state index in [2.05, 4.69) is 6.07 Å². The molecule has 0 atom stereocenters. The summed E-state index contributed by atoms with van der Waals surface area (Å²) in [7, 11) is 0. The highest BCUT2D eigenvalue weighted by Gasteiger charge is 2.14. The molecular weight excluding hydrogens is 296 g/mol. The van der Waals surface area contributed by atoms with Gasteiger partial charge in [0.05, 0.1) is 5.56 Å².